The summed E-state index contributed by atoms with van der Waals surface area (Å²) in [5, 5.41) is 9.63. The van der Waals surface area contributed by atoms with Gasteiger partial charge in [-0.25, -0.2) is 4.98 Å². The highest BCUT2D eigenvalue weighted by Gasteiger charge is 2.12. The molecule has 0 spiro atoms. The summed E-state index contributed by atoms with van der Waals surface area (Å²) in [6.07, 6.45) is 6.07. The van der Waals surface area contributed by atoms with Crippen molar-refractivity contribution in [1.29, 1.82) is 0 Å². The molecule has 0 radical (unpaired) electrons. The number of rotatable bonds is 7. The molecular formula is C15H25N3OS. The van der Waals surface area contributed by atoms with Crippen molar-refractivity contribution in [2.75, 3.05) is 19.6 Å². The molecule has 20 heavy (non-hydrogen) atoms. The molecule has 1 aromatic rings. The maximum atomic E-state index is 11.7. The van der Waals surface area contributed by atoms with E-state index in [4.69, 9.17) is 0 Å². The first kappa shape index (κ1) is 15.4. The third-order valence-corrected chi connectivity index (χ3v) is 4.60. The van der Waals surface area contributed by atoms with Crippen LogP contribution in [0.1, 0.15) is 42.8 Å². The van der Waals surface area contributed by atoms with Gasteiger partial charge in [-0.05, 0) is 58.0 Å². The summed E-state index contributed by atoms with van der Waals surface area (Å²) in [5.41, 5.74) is 1.12. The van der Waals surface area contributed by atoms with Crippen LogP contribution in [0.2, 0.25) is 0 Å². The van der Waals surface area contributed by atoms with E-state index in [0.29, 0.717) is 6.42 Å². The zero-order valence-electron chi connectivity index (χ0n) is 12.3. The molecule has 1 aromatic heterocycles. The molecule has 2 heterocycles. The third kappa shape index (κ3) is 5.59. The van der Waals surface area contributed by atoms with Gasteiger partial charge in [0.15, 0.2) is 0 Å². The van der Waals surface area contributed by atoms with Gasteiger partial charge in [0.2, 0.25) is 5.91 Å². The van der Waals surface area contributed by atoms with Gasteiger partial charge in [0.1, 0.15) is 0 Å². The normalized spacial score (nSPS) is 18.9. The average molecular weight is 295 g/mol. The number of thiazole rings is 1. The second-order valence-corrected chi connectivity index (χ2v) is 6.62. The zero-order valence-corrected chi connectivity index (χ0v) is 13.1. The van der Waals surface area contributed by atoms with Crippen molar-refractivity contribution >= 4 is 17.2 Å². The largest absolute Gasteiger partial charge is 0.356 e. The molecule has 112 valence electrons. The van der Waals surface area contributed by atoms with Crippen LogP contribution in [0.4, 0.5) is 0 Å². The summed E-state index contributed by atoms with van der Waals surface area (Å²) in [6.45, 7) is 5.10. The number of carbonyl (C=O) groups excluding carboxylic acids is 1. The monoisotopic (exact) mass is 295 g/mol. The van der Waals surface area contributed by atoms with Crippen LogP contribution in [0.5, 0.6) is 0 Å². The summed E-state index contributed by atoms with van der Waals surface area (Å²) in [7, 11) is 0. The highest BCUT2D eigenvalue weighted by molar-refractivity contribution is 7.09. The number of carbonyl (C=O) groups is 1. The quantitative estimate of drug-likeness (QED) is 0.811. The van der Waals surface area contributed by atoms with E-state index in [2.05, 4.69) is 21.0 Å². The highest BCUT2D eigenvalue weighted by atomic mass is 32.1. The Bertz CT molecular complexity index is 413. The van der Waals surface area contributed by atoms with E-state index in [1.165, 1.54) is 12.8 Å². The molecule has 1 amide bonds. The number of hydrogen-bond donors (Lipinski definition) is 2. The summed E-state index contributed by atoms with van der Waals surface area (Å²) in [4.78, 5) is 16.1. The first-order valence-electron chi connectivity index (χ1n) is 7.62. The minimum Gasteiger partial charge on any atom is -0.356 e. The van der Waals surface area contributed by atoms with Crippen molar-refractivity contribution < 1.29 is 4.79 Å². The number of nitrogens with one attached hydrogen (secondary N) is 2. The predicted molar refractivity (Wildman–Crippen MR) is 83.0 cm³/mol. The van der Waals surface area contributed by atoms with Crippen LogP contribution in [-0.2, 0) is 11.2 Å². The van der Waals surface area contributed by atoms with Crippen LogP contribution in [-0.4, -0.2) is 30.5 Å². The lowest BCUT2D eigenvalue weighted by Gasteiger charge is -2.22. The summed E-state index contributed by atoms with van der Waals surface area (Å²) < 4.78 is 0. The molecule has 1 atom stereocenters. The van der Waals surface area contributed by atoms with Crippen molar-refractivity contribution in [3.05, 3.63) is 16.1 Å². The number of aromatic nitrogens is 1. The summed E-state index contributed by atoms with van der Waals surface area (Å²) in [6, 6.07) is 0. The number of piperidine rings is 1. The van der Waals surface area contributed by atoms with Crippen LogP contribution in [0.25, 0.3) is 0 Å². The molecule has 1 saturated heterocycles. The second-order valence-electron chi connectivity index (χ2n) is 5.56. The minimum absolute atomic E-state index is 0.181. The molecule has 1 fully saturated rings. The molecule has 0 bridgehead atoms. The minimum atomic E-state index is 0.181. The highest BCUT2D eigenvalue weighted by Crippen LogP contribution is 2.13. The van der Waals surface area contributed by atoms with Gasteiger partial charge in [-0.3, -0.25) is 4.79 Å². The van der Waals surface area contributed by atoms with E-state index in [1.807, 2.05) is 6.92 Å². The smallest absolute Gasteiger partial charge is 0.220 e. The topological polar surface area (TPSA) is 54.0 Å². The van der Waals surface area contributed by atoms with E-state index in [1.54, 1.807) is 11.3 Å². The lowest BCUT2D eigenvalue weighted by atomic mass is 9.96. The van der Waals surface area contributed by atoms with E-state index in [9.17, 15) is 4.79 Å². The van der Waals surface area contributed by atoms with E-state index in [-0.39, 0.29) is 5.91 Å². The molecule has 0 saturated carbocycles. The summed E-state index contributed by atoms with van der Waals surface area (Å²) >= 11 is 1.68. The van der Waals surface area contributed by atoms with Gasteiger partial charge in [0.25, 0.3) is 0 Å². The van der Waals surface area contributed by atoms with Crippen molar-refractivity contribution in [2.45, 2.75) is 45.4 Å². The molecule has 0 aromatic carbocycles. The fraction of sp³-hybridized carbons (Fsp3) is 0.733. The van der Waals surface area contributed by atoms with Crippen LogP contribution in [0, 0.1) is 12.8 Å². The predicted octanol–water partition coefficient (Wildman–Crippen LogP) is 2.28. The van der Waals surface area contributed by atoms with Crippen LogP contribution >= 0.6 is 11.3 Å². The first-order chi connectivity index (χ1) is 9.74. The molecule has 4 nitrogen and oxygen atoms in total. The standard InChI is InChI=1S/C15H25N3OS/c1-12-18-14(11-20-12)5-2-6-15(19)17-9-7-13-4-3-8-16-10-13/h11,13,16H,2-10H2,1H3,(H,17,19). The molecule has 1 unspecified atom stereocenters. The van der Waals surface area contributed by atoms with Crippen molar-refractivity contribution in [3.8, 4) is 0 Å². The van der Waals surface area contributed by atoms with Gasteiger partial charge < -0.3 is 10.6 Å². The maximum absolute atomic E-state index is 11.7. The van der Waals surface area contributed by atoms with Gasteiger partial charge in [0.05, 0.1) is 10.7 Å². The van der Waals surface area contributed by atoms with Crippen molar-refractivity contribution in [3.63, 3.8) is 0 Å². The number of hydrogen-bond acceptors (Lipinski definition) is 4. The maximum Gasteiger partial charge on any atom is 0.220 e. The Morgan fingerprint density at radius 2 is 2.50 bits per heavy atom. The van der Waals surface area contributed by atoms with Gasteiger partial charge in [-0.2, -0.15) is 0 Å². The first-order valence-corrected chi connectivity index (χ1v) is 8.50. The van der Waals surface area contributed by atoms with Gasteiger partial charge in [-0.15, -0.1) is 11.3 Å². The zero-order chi connectivity index (χ0) is 14.2. The SMILES string of the molecule is Cc1nc(CCCC(=O)NCCC2CCCNC2)cs1. The lowest BCUT2D eigenvalue weighted by Crippen LogP contribution is -2.33. The average Bonchev–Trinajstić information content (AvgIpc) is 2.86. The number of nitrogens with zero attached hydrogens (tertiary/aromatic N) is 1. The molecule has 5 heteroatoms. The lowest BCUT2D eigenvalue weighted by molar-refractivity contribution is -0.121. The Kier molecular flexibility index (Phi) is 6.47. The Labute approximate surface area is 125 Å². The van der Waals surface area contributed by atoms with E-state index in [0.717, 1.165) is 55.5 Å². The third-order valence-electron chi connectivity index (χ3n) is 3.78. The molecule has 0 aliphatic carbocycles. The fourth-order valence-corrected chi connectivity index (χ4v) is 3.27. The fourth-order valence-electron chi connectivity index (χ4n) is 2.63. The molecule has 2 N–H and O–H groups in total. The molecular weight excluding hydrogens is 270 g/mol. The second kappa shape index (κ2) is 8.37. The molecule has 1 aliphatic rings. The Morgan fingerprint density at radius 3 is 3.20 bits per heavy atom. The summed E-state index contributed by atoms with van der Waals surface area (Å²) in [5.74, 6) is 0.919. The number of amides is 1. The Morgan fingerprint density at radius 1 is 1.60 bits per heavy atom. The van der Waals surface area contributed by atoms with Gasteiger partial charge in [0, 0.05) is 18.3 Å². The van der Waals surface area contributed by atoms with Crippen molar-refractivity contribution in [1.82, 2.24) is 15.6 Å². The molecule has 2 rings (SSSR count). The molecule has 1 aliphatic heterocycles. The van der Waals surface area contributed by atoms with Crippen LogP contribution in [0.15, 0.2) is 5.38 Å². The Hall–Kier alpha value is -0.940. The van der Waals surface area contributed by atoms with E-state index >= 15 is 0 Å². The Balaban J connectivity index is 1.51. The van der Waals surface area contributed by atoms with Crippen molar-refractivity contribution in [2.24, 2.45) is 5.92 Å². The van der Waals surface area contributed by atoms with E-state index < -0.39 is 0 Å². The van der Waals surface area contributed by atoms with Crippen LogP contribution in [0.3, 0.4) is 0 Å². The van der Waals surface area contributed by atoms with Crippen LogP contribution < -0.4 is 10.6 Å². The van der Waals surface area contributed by atoms with Gasteiger partial charge >= 0.3 is 0 Å². The van der Waals surface area contributed by atoms with Gasteiger partial charge in [-0.1, -0.05) is 0 Å². The number of aryl methyl sites for hydroxylation is 2.